The van der Waals surface area contributed by atoms with Crippen molar-refractivity contribution in [2.75, 3.05) is 24.2 Å². The monoisotopic (exact) mass is 612 g/mol. The van der Waals surface area contributed by atoms with Crippen LogP contribution in [-0.4, -0.2) is 53.2 Å². The van der Waals surface area contributed by atoms with Gasteiger partial charge in [0, 0.05) is 24.8 Å². The van der Waals surface area contributed by atoms with Gasteiger partial charge in [0.1, 0.15) is 6.07 Å². The number of urea groups is 1. The van der Waals surface area contributed by atoms with Crippen LogP contribution in [0.15, 0.2) is 46.0 Å². The Hall–Kier alpha value is -4.15. The summed E-state index contributed by atoms with van der Waals surface area (Å²) in [5, 5.41) is 12.1. The minimum absolute atomic E-state index is 0.0509. The summed E-state index contributed by atoms with van der Waals surface area (Å²) in [6.45, 7) is 3.21. The number of primary amides is 1. The van der Waals surface area contributed by atoms with Crippen molar-refractivity contribution in [3.63, 3.8) is 0 Å². The third-order valence-electron chi connectivity index (χ3n) is 7.89. The average molecular weight is 613 g/mol. The van der Waals surface area contributed by atoms with Crippen molar-refractivity contribution in [3.8, 4) is 6.07 Å². The summed E-state index contributed by atoms with van der Waals surface area (Å²) in [4.78, 5) is 53.9. The maximum absolute atomic E-state index is 13.4. The molecule has 2 aromatic carbocycles. The van der Waals surface area contributed by atoms with Gasteiger partial charge in [-0.25, -0.2) is 18.0 Å². The van der Waals surface area contributed by atoms with Crippen LogP contribution in [0.2, 0.25) is 5.02 Å². The molecule has 2 aliphatic rings. The van der Waals surface area contributed by atoms with Crippen LogP contribution in [0, 0.1) is 17.2 Å². The van der Waals surface area contributed by atoms with Crippen LogP contribution in [0.5, 0.6) is 0 Å². The Morgan fingerprint density at radius 2 is 1.90 bits per heavy atom. The number of hydrogen-bond acceptors (Lipinski definition) is 7. The lowest BCUT2D eigenvalue weighted by Crippen LogP contribution is -2.62. The lowest BCUT2D eigenvalue weighted by atomic mass is 9.95. The number of aromatic nitrogens is 2. The number of rotatable bonds is 6. The summed E-state index contributed by atoms with van der Waals surface area (Å²) < 4.78 is 27.1. The maximum Gasteiger partial charge on any atom is 0.331 e. The second kappa shape index (κ2) is 10.6. The molecule has 1 aliphatic carbocycles. The summed E-state index contributed by atoms with van der Waals surface area (Å²) >= 11 is 6.15. The van der Waals surface area contributed by atoms with Gasteiger partial charge in [-0.05, 0) is 68.5 Å². The van der Waals surface area contributed by atoms with E-state index in [4.69, 9.17) is 17.3 Å². The molecular weight excluding hydrogens is 584 g/mol. The van der Waals surface area contributed by atoms with Crippen LogP contribution in [0.1, 0.15) is 43.9 Å². The minimum atomic E-state index is -4.19. The zero-order valence-corrected chi connectivity index (χ0v) is 24.5. The standard InChI is InChI=1S/C28H29ClN6O6S/c1-16(2)35-23-8-7-20(12-21(23)24(36)34(27(35)39)14-17-3-4-17)32-26(38)33-9-10-42(40,41)28(15-33,25(31)37)19-6-5-18(13-30)22(29)11-19/h5-8,11-12,16-17H,3-4,9-10,14-15H2,1-2H3,(H2,31,37)(H,32,38). The number of halogens is 1. The van der Waals surface area contributed by atoms with Crippen molar-refractivity contribution >= 4 is 50.0 Å². The van der Waals surface area contributed by atoms with Crippen molar-refractivity contribution in [2.45, 2.75) is 44.0 Å². The zero-order valence-electron chi connectivity index (χ0n) is 23.0. The summed E-state index contributed by atoms with van der Waals surface area (Å²) in [6, 6.07) is 9.33. The van der Waals surface area contributed by atoms with Crippen LogP contribution in [0.3, 0.4) is 0 Å². The number of sulfone groups is 1. The van der Waals surface area contributed by atoms with E-state index < -0.39 is 44.4 Å². The van der Waals surface area contributed by atoms with Crippen molar-refractivity contribution in [1.29, 1.82) is 5.26 Å². The smallest absolute Gasteiger partial charge is 0.331 e. The molecule has 3 N–H and O–H groups in total. The number of anilines is 1. The molecule has 0 radical (unpaired) electrons. The number of nitrogens with one attached hydrogen (secondary N) is 1. The molecule has 12 nitrogen and oxygen atoms in total. The normalized spacial score (nSPS) is 19.9. The van der Waals surface area contributed by atoms with E-state index in [2.05, 4.69) is 5.32 Å². The predicted octanol–water partition coefficient (Wildman–Crippen LogP) is 2.32. The molecular formula is C28H29ClN6O6S. The molecule has 220 valence electrons. The fourth-order valence-corrected chi connectivity index (χ4v) is 7.58. The zero-order chi connectivity index (χ0) is 30.6. The number of nitrogens with two attached hydrogens (primary N) is 1. The Balaban J connectivity index is 1.51. The molecule has 2 fully saturated rings. The number of fused-ring (bicyclic) bond motifs is 1. The van der Waals surface area contributed by atoms with E-state index in [1.165, 1.54) is 28.8 Å². The first-order chi connectivity index (χ1) is 19.8. The van der Waals surface area contributed by atoms with Crippen LogP contribution in [0.25, 0.3) is 10.9 Å². The van der Waals surface area contributed by atoms with Gasteiger partial charge in [0.15, 0.2) is 14.6 Å². The second-order valence-electron chi connectivity index (χ2n) is 11.0. The number of hydrogen-bond donors (Lipinski definition) is 2. The van der Waals surface area contributed by atoms with E-state index >= 15 is 0 Å². The SMILES string of the molecule is CC(C)n1c(=O)n(CC2CC2)c(=O)c2cc(NC(=O)N3CCS(=O)(=O)C(C(N)=O)(c4ccc(C#N)c(Cl)c4)C3)ccc21. The Kier molecular flexibility index (Phi) is 7.40. The van der Waals surface area contributed by atoms with E-state index in [0.717, 1.165) is 17.7 Å². The third-order valence-corrected chi connectivity index (χ3v) is 10.6. The molecule has 14 heteroatoms. The van der Waals surface area contributed by atoms with Gasteiger partial charge >= 0.3 is 11.7 Å². The molecule has 1 saturated carbocycles. The molecule has 3 amide bonds. The number of benzene rings is 2. The Morgan fingerprint density at radius 3 is 2.50 bits per heavy atom. The first-order valence-electron chi connectivity index (χ1n) is 13.4. The molecule has 1 unspecified atom stereocenters. The Labute approximate surface area is 246 Å². The first kappa shape index (κ1) is 29.3. The average Bonchev–Trinajstić information content (AvgIpc) is 3.75. The van der Waals surface area contributed by atoms with Gasteiger partial charge in [0.25, 0.3) is 5.56 Å². The highest BCUT2D eigenvalue weighted by Gasteiger charge is 2.55. The van der Waals surface area contributed by atoms with E-state index in [1.54, 1.807) is 16.7 Å². The molecule has 5 rings (SSSR count). The minimum Gasteiger partial charge on any atom is -0.368 e. The molecule has 0 spiro atoms. The molecule has 1 aliphatic heterocycles. The summed E-state index contributed by atoms with van der Waals surface area (Å²) in [5.41, 5.74) is 5.55. The quantitative estimate of drug-likeness (QED) is 0.429. The Morgan fingerprint density at radius 1 is 1.19 bits per heavy atom. The highest BCUT2D eigenvalue weighted by Crippen LogP contribution is 2.37. The topological polar surface area (TPSA) is 177 Å². The number of carbonyl (C=O) groups excluding carboxylic acids is 2. The molecule has 3 aromatic rings. The van der Waals surface area contributed by atoms with Gasteiger partial charge in [-0.3, -0.25) is 18.7 Å². The number of nitrogens with zero attached hydrogens (tertiary/aromatic N) is 4. The largest absolute Gasteiger partial charge is 0.368 e. The molecule has 0 bridgehead atoms. The van der Waals surface area contributed by atoms with Gasteiger partial charge in [-0.2, -0.15) is 5.26 Å². The third kappa shape index (κ3) is 4.84. The van der Waals surface area contributed by atoms with Gasteiger partial charge in [-0.15, -0.1) is 0 Å². The van der Waals surface area contributed by atoms with E-state index in [0.29, 0.717) is 12.1 Å². The van der Waals surface area contributed by atoms with Gasteiger partial charge < -0.3 is 16.0 Å². The fraction of sp³-hybridized carbons (Fsp3) is 0.393. The lowest BCUT2D eigenvalue weighted by molar-refractivity contribution is -0.121. The highest BCUT2D eigenvalue weighted by molar-refractivity contribution is 7.93. The summed E-state index contributed by atoms with van der Waals surface area (Å²) in [5.74, 6) is -1.46. The van der Waals surface area contributed by atoms with Crippen LogP contribution >= 0.6 is 11.6 Å². The van der Waals surface area contributed by atoms with Gasteiger partial charge in [0.05, 0.1) is 33.8 Å². The van der Waals surface area contributed by atoms with Gasteiger partial charge in [0.2, 0.25) is 5.91 Å². The maximum atomic E-state index is 13.4. The molecule has 1 aromatic heterocycles. The number of amides is 3. The summed E-state index contributed by atoms with van der Waals surface area (Å²) in [6.07, 6.45) is 1.91. The fourth-order valence-electron chi connectivity index (χ4n) is 5.41. The molecule has 1 atom stereocenters. The molecule has 42 heavy (non-hydrogen) atoms. The number of carbonyl (C=O) groups is 2. The van der Waals surface area contributed by atoms with Crippen LogP contribution in [0.4, 0.5) is 10.5 Å². The Bertz CT molecular complexity index is 1910. The first-order valence-corrected chi connectivity index (χ1v) is 15.4. The highest BCUT2D eigenvalue weighted by atomic mass is 35.5. The van der Waals surface area contributed by atoms with E-state index in [1.807, 2.05) is 19.9 Å². The van der Waals surface area contributed by atoms with E-state index in [-0.39, 0.29) is 51.4 Å². The lowest BCUT2D eigenvalue weighted by Gasteiger charge is -2.40. The predicted molar refractivity (Wildman–Crippen MR) is 157 cm³/mol. The van der Waals surface area contributed by atoms with Crippen molar-refractivity contribution in [1.82, 2.24) is 14.0 Å². The summed E-state index contributed by atoms with van der Waals surface area (Å²) in [7, 11) is -4.19. The number of nitriles is 1. The van der Waals surface area contributed by atoms with Crippen molar-refractivity contribution in [2.24, 2.45) is 11.7 Å². The van der Waals surface area contributed by atoms with Crippen LogP contribution in [-0.2, 0) is 25.9 Å². The van der Waals surface area contributed by atoms with E-state index in [9.17, 15) is 32.9 Å². The van der Waals surface area contributed by atoms with Crippen molar-refractivity contribution < 1.29 is 18.0 Å². The van der Waals surface area contributed by atoms with Gasteiger partial charge in [-0.1, -0.05) is 17.7 Å². The van der Waals surface area contributed by atoms with Crippen LogP contribution < -0.4 is 22.3 Å². The molecule has 2 heterocycles. The van der Waals surface area contributed by atoms with Crippen molar-refractivity contribution in [3.05, 3.63) is 73.4 Å². The second-order valence-corrected chi connectivity index (χ2v) is 13.7. The molecule has 1 saturated heterocycles.